The molecule has 1 aliphatic heterocycles. The monoisotopic (exact) mass is 652 g/mol. The van der Waals surface area contributed by atoms with Gasteiger partial charge in [-0.05, 0) is 75.1 Å². The molecule has 4 unspecified atom stereocenters. The second-order valence-corrected chi connectivity index (χ2v) is 13.3. The minimum absolute atomic E-state index is 0.0184. The summed E-state index contributed by atoms with van der Waals surface area (Å²) >= 11 is 0. The third-order valence-electron chi connectivity index (χ3n) is 9.56. The zero-order chi connectivity index (χ0) is 33.4. The summed E-state index contributed by atoms with van der Waals surface area (Å²) in [5.74, 6) is 2.32. The molecule has 5 aromatic rings. The lowest BCUT2D eigenvalue weighted by molar-refractivity contribution is 0.171. The van der Waals surface area contributed by atoms with Crippen LogP contribution in [0.1, 0.15) is 94.7 Å². The van der Waals surface area contributed by atoms with Gasteiger partial charge in [-0.1, -0.05) is 38.1 Å². The number of aromatic nitrogens is 7. The predicted molar refractivity (Wildman–Crippen MR) is 183 cm³/mol. The zero-order valence-corrected chi connectivity index (χ0v) is 28.0. The summed E-state index contributed by atoms with van der Waals surface area (Å²) < 4.78 is 12.0. The first-order chi connectivity index (χ1) is 23.3. The van der Waals surface area contributed by atoms with Gasteiger partial charge in [0.15, 0.2) is 5.65 Å². The fraction of sp³-hybridized carbons (Fsp3) is 0.457. The number of anilines is 2. The fourth-order valence-electron chi connectivity index (χ4n) is 7.07. The van der Waals surface area contributed by atoms with Crippen molar-refractivity contribution in [2.75, 3.05) is 16.8 Å². The number of hydrogen-bond donors (Lipinski definition) is 3. The van der Waals surface area contributed by atoms with E-state index in [1.807, 2.05) is 40.9 Å². The van der Waals surface area contributed by atoms with Crippen molar-refractivity contribution >= 4 is 23.4 Å². The van der Waals surface area contributed by atoms with Gasteiger partial charge >= 0.3 is 6.03 Å². The van der Waals surface area contributed by atoms with E-state index in [9.17, 15) is 9.90 Å². The Bertz CT molecular complexity index is 1880. The normalized spacial score (nSPS) is 21.0. The van der Waals surface area contributed by atoms with E-state index in [1.165, 1.54) is 6.42 Å². The number of benzene rings is 1. The number of rotatable bonds is 9. The topological polar surface area (TPSA) is 140 Å². The Balaban J connectivity index is 1.08. The van der Waals surface area contributed by atoms with E-state index in [1.54, 1.807) is 21.8 Å². The van der Waals surface area contributed by atoms with Crippen molar-refractivity contribution in [2.45, 2.75) is 96.5 Å². The van der Waals surface area contributed by atoms with Crippen molar-refractivity contribution in [3.05, 3.63) is 77.9 Å². The van der Waals surface area contributed by atoms with Crippen molar-refractivity contribution in [2.24, 2.45) is 0 Å². The molecule has 0 spiro atoms. The average Bonchev–Trinajstić information content (AvgIpc) is 3.81. The number of amides is 2. The molecule has 2 amide bonds. The maximum atomic E-state index is 13.5. The molecule has 0 radical (unpaired) electrons. The number of piperidine rings is 1. The third-order valence-corrected chi connectivity index (χ3v) is 9.56. The highest BCUT2D eigenvalue weighted by atomic mass is 16.5. The number of nitrogens with one attached hydrogen (secondary N) is 2. The summed E-state index contributed by atoms with van der Waals surface area (Å²) in [5.41, 5.74) is 4.43. The maximum Gasteiger partial charge on any atom is 0.320 e. The molecule has 1 aromatic carbocycles. The molecule has 252 valence electrons. The number of nitrogens with zero attached hydrogens (tertiary/aromatic N) is 8. The molecule has 0 bridgehead atoms. The van der Waals surface area contributed by atoms with Gasteiger partial charge < -0.3 is 20.1 Å². The van der Waals surface area contributed by atoms with E-state index in [-0.39, 0.29) is 30.7 Å². The Hall–Kier alpha value is -4.91. The second kappa shape index (κ2) is 13.3. The second-order valence-electron chi connectivity index (χ2n) is 13.3. The van der Waals surface area contributed by atoms with Gasteiger partial charge in [0.25, 0.3) is 0 Å². The van der Waals surface area contributed by atoms with E-state index in [4.69, 9.17) is 9.84 Å². The molecule has 1 fully saturated rings. The van der Waals surface area contributed by atoms with E-state index >= 15 is 0 Å². The number of pyridine rings is 1. The van der Waals surface area contributed by atoms with Crippen molar-refractivity contribution in [3.63, 3.8) is 0 Å². The van der Waals surface area contributed by atoms with E-state index in [0.717, 1.165) is 53.4 Å². The molecule has 2 aliphatic rings. The molecule has 13 heteroatoms. The number of hydrogen-bond acceptors (Lipinski definition) is 8. The Labute approximate surface area is 279 Å². The minimum atomic E-state index is -0.319. The number of aliphatic hydroxyl groups is 1. The molecule has 4 aromatic heterocycles. The van der Waals surface area contributed by atoms with Gasteiger partial charge in [0, 0.05) is 18.2 Å². The van der Waals surface area contributed by atoms with Gasteiger partial charge in [0.05, 0.1) is 43.5 Å². The molecular weight excluding hydrogens is 608 g/mol. The van der Waals surface area contributed by atoms with Gasteiger partial charge in [-0.2, -0.15) is 10.2 Å². The summed E-state index contributed by atoms with van der Waals surface area (Å²) in [4.78, 5) is 15.9. The Morgan fingerprint density at radius 2 is 1.81 bits per heavy atom. The molecule has 13 nitrogen and oxygen atoms in total. The van der Waals surface area contributed by atoms with Gasteiger partial charge in [-0.15, -0.1) is 10.2 Å². The molecule has 7 rings (SSSR count). The molecule has 4 atom stereocenters. The van der Waals surface area contributed by atoms with Crippen molar-refractivity contribution in [1.29, 1.82) is 0 Å². The molecule has 48 heavy (non-hydrogen) atoms. The van der Waals surface area contributed by atoms with E-state index in [2.05, 4.69) is 70.7 Å². The highest BCUT2D eigenvalue weighted by molar-refractivity contribution is 5.89. The molecule has 5 heterocycles. The third kappa shape index (κ3) is 6.21. The highest BCUT2D eigenvalue weighted by Gasteiger charge is 2.31. The lowest BCUT2D eigenvalue weighted by Gasteiger charge is -2.39. The van der Waals surface area contributed by atoms with Crippen LogP contribution < -0.4 is 20.3 Å². The molecule has 1 aliphatic carbocycles. The van der Waals surface area contributed by atoms with Gasteiger partial charge in [-0.3, -0.25) is 14.4 Å². The zero-order valence-electron chi connectivity index (χ0n) is 28.0. The van der Waals surface area contributed by atoms with Crippen LogP contribution in [-0.4, -0.2) is 64.0 Å². The smallest absolute Gasteiger partial charge is 0.320 e. The van der Waals surface area contributed by atoms with Crippen molar-refractivity contribution < 1.29 is 14.6 Å². The lowest BCUT2D eigenvalue weighted by Crippen LogP contribution is -2.44. The number of fused-ring (bicyclic) bond motifs is 2. The number of carbonyl (C=O) groups is 1. The standard InChI is InChI=1S/C35H44N10O3/c1-22(2)30-18-33(45(41-30)25-19-36-42(20-25)16-17-46)38-34(47)37-29-13-14-31(28-11-6-5-10-27(28)29)48-26-12-15-32-39-40-35(43(32)21-26)44-23(3)8-7-9-24(44)4/h5-6,10-12,15,18-24,29,31,46H,7-9,13-14,16-17H2,1-4H3,(H2,37,38,47). The van der Waals surface area contributed by atoms with Crippen LogP contribution in [0.5, 0.6) is 5.75 Å². The van der Waals surface area contributed by atoms with Crippen LogP contribution in [0.3, 0.4) is 0 Å². The summed E-state index contributed by atoms with van der Waals surface area (Å²) in [5, 5.41) is 33.6. The van der Waals surface area contributed by atoms with Crippen LogP contribution in [0.25, 0.3) is 11.3 Å². The van der Waals surface area contributed by atoms with Crippen molar-refractivity contribution in [3.8, 4) is 11.4 Å². The number of aliphatic hydroxyl groups excluding tert-OH is 1. The van der Waals surface area contributed by atoms with E-state index in [0.29, 0.717) is 36.6 Å². The van der Waals surface area contributed by atoms with Gasteiger partial charge in [-0.25, -0.2) is 9.48 Å². The Morgan fingerprint density at radius 1 is 1.02 bits per heavy atom. The van der Waals surface area contributed by atoms with Gasteiger partial charge in [0.1, 0.15) is 23.4 Å². The summed E-state index contributed by atoms with van der Waals surface area (Å²) in [7, 11) is 0. The van der Waals surface area contributed by atoms with Crippen LogP contribution in [0.15, 0.2) is 61.1 Å². The lowest BCUT2D eigenvalue weighted by atomic mass is 9.85. The highest BCUT2D eigenvalue weighted by Crippen LogP contribution is 2.39. The first-order valence-electron chi connectivity index (χ1n) is 17.0. The van der Waals surface area contributed by atoms with Crippen LogP contribution >= 0.6 is 0 Å². The number of urea groups is 1. The van der Waals surface area contributed by atoms with E-state index < -0.39 is 0 Å². The van der Waals surface area contributed by atoms with Crippen LogP contribution in [0.4, 0.5) is 16.6 Å². The summed E-state index contributed by atoms with van der Waals surface area (Å²) in [6.45, 7) is 8.99. The average molecular weight is 653 g/mol. The molecule has 0 saturated carbocycles. The first kappa shape index (κ1) is 31.7. The van der Waals surface area contributed by atoms with Gasteiger partial charge in [0.2, 0.25) is 5.95 Å². The van der Waals surface area contributed by atoms with Crippen LogP contribution in [0.2, 0.25) is 0 Å². The number of ether oxygens (including phenoxy) is 1. The summed E-state index contributed by atoms with van der Waals surface area (Å²) in [6, 6.07) is 14.2. The molecular formula is C35H44N10O3. The SMILES string of the molecule is CC(C)c1cc(NC(=O)NC2CCC(Oc3ccc4nnc(N5C(C)CCCC5C)n4c3)c3ccccc32)n(-c2cnn(CCO)c2)n1. The van der Waals surface area contributed by atoms with Crippen LogP contribution in [0, 0.1) is 0 Å². The van der Waals surface area contributed by atoms with Crippen molar-refractivity contribution in [1.82, 2.24) is 39.5 Å². The van der Waals surface area contributed by atoms with Crippen LogP contribution in [-0.2, 0) is 6.54 Å². The molecule has 1 saturated heterocycles. The molecule has 3 N–H and O–H groups in total. The predicted octanol–water partition coefficient (Wildman–Crippen LogP) is 5.77. The Morgan fingerprint density at radius 3 is 2.58 bits per heavy atom. The minimum Gasteiger partial charge on any atom is -0.484 e. The first-order valence-corrected chi connectivity index (χ1v) is 17.0. The fourth-order valence-corrected chi connectivity index (χ4v) is 7.07. The maximum absolute atomic E-state index is 13.5. The summed E-state index contributed by atoms with van der Waals surface area (Å²) in [6.07, 6.45) is 10.2. The largest absolute Gasteiger partial charge is 0.484 e. The Kier molecular flexibility index (Phi) is 8.78. The quantitative estimate of drug-likeness (QED) is 0.182. The number of carbonyl (C=O) groups excluding carboxylic acids is 1.